The van der Waals surface area contributed by atoms with Crippen LogP contribution >= 0.6 is 0 Å². The zero-order valence-electron chi connectivity index (χ0n) is 11.6. The largest absolute Gasteiger partial charge is 0.317 e. The summed E-state index contributed by atoms with van der Waals surface area (Å²) >= 11 is 0. The van der Waals surface area contributed by atoms with E-state index < -0.39 is 0 Å². The molecule has 1 rings (SSSR count). The summed E-state index contributed by atoms with van der Waals surface area (Å²) in [5.74, 6) is 0.899. The van der Waals surface area contributed by atoms with Gasteiger partial charge in [0.05, 0.1) is 0 Å². The standard InChI is InChI=1S/C14H30N2/c1-5-8-15-9-6-7-13(3)16-11-12(2)10-14(16)4/h12-15H,5-11H2,1-4H3. The van der Waals surface area contributed by atoms with Gasteiger partial charge in [0.1, 0.15) is 0 Å². The smallest absolute Gasteiger partial charge is 0.00728 e. The Morgan fingerprint density at radius 1 is 1.31 bits per heavy atom. The van der Waals surface area contributed by atoms with E-state index in [9.17, 15) is 0 Å². The number of hydrogen-bond donors (Lipinski definition) is 1. The van der Waals surface area contributed by atoms with Crippen LogP contribution in [-0.4, -0.2) is 36.6 Å². The molecule has 1 aliphatic rings. The SMILES string of the molecule is CCCNCCCC(C)N1CC(C)CC1C. The number of hydrogen-bond acceptors (Lipinski definition) is 2. The third-order valence-corrected chi connectivity index (χ3v) is 3.80. The molecule has 0 spiro atoms. The normalized spacial score (nSPS) is 28.5. The predicted octanol–water partition coefficient (Wildman–Crippen LogP) is 2.89. The molecule has 0 amide bonds. The van der Waals surface area contributed by atoms with Gasteiger partial charge < -0.3 is 5.32 Å². The van der Waals surface area contributed by atoms with E-state index in [4.69, 9.17) is 0 Å². The van der Waals surface area contributed by atoms with Gasteiger partial charge in [-0.25, -0.2) is 0 Å². The first-order chi connectivity index (χ1) is 7.65. The van der Waals surface area contributed by atoms with Crippen LogP contribution in [0.5, 0.6) is 0 Å². The molecule has 0 saturated carbocycles. The van der Waals surface area contributed by atoms with Crippen molar-refractivity contribution in [2.45, 2.75) is 65.5 Å². The Balaban J connectivity index is 2.12. The molecule has 1 heterocycles. The molecular weight excluding hydrogens is 196 g/mol. The van der Waals surface area contributed by atoms with Gasteiger partial charge in [0.2, 0.25) is 0 Å². The van der Waals surface area contributed by atoms with Gasteiger partial charge in [-0.3, -0.25) is 4.90 Å². The van der Waals surface area contributed by atoms with Gasteiger partial charge in [-0.1, -0.05) is 13.8 Å². The fourth-order valence-electron chi connectivity index (χ4n) is 2.94. The summed E-state index contributed by atoms with van der Waals surface area (Å²) in [7, 11) is 0. The van der Waals surface area contributed by atoms with E-state index in [-0.39, 0.29) is 0 Å². The molecule has 2 heteroatoms. The van der Waals surface area contributed by atoms with Crippen molar-refractivity contribution in [1.29, 1.82) is 0 Å². The Labute approximate surface area is 102 Å². The molecule has 0 radical (unpaired) electrons. The highest BCUT2D eigenvalue weighted by atomic mass is 15.2. The minimum atomic E-state index is 0.767. The monoisotopic (exact) mass is 226 g/mol. The van der Waals surface area contributed by atoms with E-state index in [0.29, 0.717) is 0 Å². The summed E-state index contributed by atoms with van der Waals surface area (Å²) < 4.78 is 0. The van der Waals surface area contributed by atoms with Crippen LogP contribution in [0.3, 0.4) is 0 Å². The first-order valence-electron chi connectivity index (χ1n) is 7.11. The van der Waals surface area contributed by atoms with E-state index in [0.717, 1.165) is 18.0 Å². The maximum Gasteiger partial charge on any atom is 0.00728 e. The van der Waals surface area contributed by atoms with Gasteiger partial charge in [0, 0.05) is 18.6 Å². The number of likely N-dealkylation sites (tertiary alicyclic amines) is 1. The minimum Gasteiger partial charge on any atom is -0.317 e. The first kappa shape index (κ1) is 14.0. The maximum absolute atomic E-state index is 3.48. The highest BCUT2D eigenvalue weighted by Crippen LogP contribution is 2.25. The highest BCUT2D eigenvalue weighted by Gasteiger charge is 2.28. The quantitative estimate of drug-likeness (QED) is 0.672. The van der Waals surface area contributed by atoms with Crippen molar-refractivity contribution in [3.05, 3.63) is 0 Å². The lowest BCUT2D eigenvalue weighted by atomic mass is 10.1. The molecule has 0 aromatic rings. The Morgan fingerprint density at radius 3 is 2.62 bits per heavy atom. The lowest BCUT2D eigenvalue weighted by Gasteiger charge is -2.28. The molecule has 0 aromatic carbocycles. The van der Waals surface area contributed by atoms with Crippen LogP contribution < -0.4 is 5.32 Å². The Bertz CT molecular complexity index is 182. The molecule has 0 bridgehead atoms. The van der Waals surface area contributed by atoms with Crippen molar-refractivity contribution >= 4 is 0 Å². The van der Waals surface area contributed by atoms with E-state index in [1.807, 2.05) is 0 Å². The minimum absolute atomic E-state index is 0.767. The van der Waals surface area contributed by atoms with Gasteiger partial charge in [-0.15, -0.1) is 0 Å². The van der Waals surface area contributed by atoms with Crippen molar-refractivity contribution < 1.29 is 0 Å². The Morgan fingerprint density at radius 2 is 2.06 bits per heavy atom. The van der Waals surface area contributed by atoms with Gasteiger partial charge in [-0.2, -0.15) is 0 Å². The second-order valence-corrected chi connectivity index (χ2v) is 5.63. The average Bonchev–Trinajstić information content (AvgIpc) is 2.57. The molecule has 96 valence electrons. The molecule has 0 aliphatic carbocycles. The summed E-state index contributed by atoms with van der Waals surface area (Å²) in [5.41, 5.74) is 0. The number of nitrogens with zero attached hydrogens (tertiary/aromatic N) is 1. The zero-order valence-corrected chi connectivity index (χ0v) is 11.6. The molecule has 1 saturated heterocycles. The van der Waals surface area contributed by atoms with E-state index in [2.05, 4.69) is 37.9 Å². The van der Waals surface area contributed by atoms with Gasteiger partial charge in [-0.05, 0) is 58.5 Å². The second-order valence-electron chi connectivity index (χ2n) is 5.63. The van der Waals surface area contributed by atoms with Crippen LogP contribution in [0.4, 0.5) is 0 Å². The maximum atomic E-state index is 3.48. The molecule has 16 heavy (non-hydrogen) atoms. The molecule has 2 nitrogen and oxygen atoms in total. The van der Waals surface area contributed by atoms with Crippen LogP contribution in [0, 0.1) is 5.92 Å². The van der Waals surface area contributed by atoms with Crippen LogP contribution in [0.25, 0.3) is 0 Å². The molecule has 0 aromatic heterocycles. The fourth-order valence-corrected chi connectivity index (χ4v) is 2.94. The van der Waals surface area contributed by atoms with E-state index in [1.165, 1.54) is 45.3 Å². The van der Waals surface area contributed by atoms with Crippen molar-refractivity contribution in [2.75, 3.05) is 19.6 Å². The number of rotatable bonds is 7. The van der Waals surface area contributed by atoms with Crippen LogP contribution in [-0.2, 0) is 0 Å². The first-order valence-corrected chi connectivity index (χ1v) is 7.11. The van der Waals surface area contributed by atoms with Gasteiger partial charge in [0.15, 0.2) is 0 Å². The van der Waals surface area contributed by atoms with Crippen LogP contribution in [0.2, 0.25) is 0 Å². The topological polar surface area (TPSA) is 15.3 Å². The van der Waals surface area contributed by atoms with Gasteiger partial charge >= 0.3 is 0 Å². The third kappa shape index (κ3) is 4.42. The second kappa shape index (κ2) is 7.29. The molecule has 3 atom stereocenters. The van der Waals surface area contributed by atoms with Crippen molar-refractivity contribution in [2.24, 2.45) is 5.92 Å². The van der Waals surface area contributed by atoms with E-state index in [1.54, 1.807) is 0 Å². The molecular formula is C14H30N2. The highest BCUT2D eigenvalue weighted by molar-refractivity contribution is 4.83. The summed E-state index contributed by atoms with van der Waals surface area (Å²) in [6.07, 6.45) is 5.29. The Hall–Kier alpha value is -0.0800. The van der Waals surface area contributed by atoms with Crippen molar-refractivity contribution in [3.63, 3.8) is 0 Å². The predicted molar refractivity (Wildman–Crippen MR) is 71.8 cm³/mol. The van der Waals surface area contributed by atoms with E-state index >= 15 is 0 Å². The van der Waals surface area contributed by atoms with Crippen molar-refractivity contribution in [3.8, 4) is 0 Å². The molecule has 1 N–H and O–H groups in total. The zero-order chi connectivity index (χ0) is 12.0. The molecule has 3 unspecified atom stereocenters. The summed E-state index contributed by atoms with van der Waals surface area (Å²) in [6.45, 7) is 13.1. The lowest BCUT2D eigenvalue weighted by molar-refractivity contribution is 0.188. The summed E-state index contributed by atoms with van der Waals surface area (Å²) in [6, 6.07) is 1.57. The fraction of sp³-hybridized carbons (Fsp3) is 1.00. The van der Waals surface area contributed by atoms with Crippen LogP contribution in [0.1, 0.15) is 53.4 Å². The van der Waals surface area contributed by atoms with Gasteiger partial charge in [0.25, 0.3) is 0 Å². The average molecular weight is 226 g/mol. The van der Waals surface area contributed by atoms with Crippen LogP contribution in [0.15, 0.2) is 0 Å². The Kier molecular flexibility index (Phi) is 6.37. The number of nitrogens with one attached hydrogen (secondary N) is 1. The summed E-state index contributed by atoms with van der Waals surface area (Å²) in [4.78, 5) is 2.70. The molecule has 1 aliphatic heterocycles. The summed E-state index contributed by atoms with van der Waals surface area (Å²) in [5, 5.41) is 3.48. The lowest BCUT2D eigenvalue weighted by Crippen LogP contribution is -2.36. The third-order valence-electron chi connectivity index (χ3n) is 3.80. The molecule has 1 fully saturated rings. The van der Waals surface area contributed by atoms with Crippen molar-refractivity contribution in [1.82, 2.24) is 10.2 Å².